The van der Waals surface area contributed by atoms with Gasteiger partial charge in [0, 0.05) is 21.6 Å². The average molecular weight is 515 g/mol. The summed E-state index contributed by atoms with van der Waals surface area (Å²) in [7, 11) is 0. The summed E-state index contributed by atoms with van der Waals surface area (Å²) in [5.74, 6) is -1.11. The first kappa shape index (κ1) is 24.7. The molecule has 188 valence electrons. The second-order valence-corrected chi connectivity index (χ2v) is 10.4. The molecule has 0 saturated carbocycles. The van der Waals surface area contributed by atoms with Crippen molar-refractivity contribution >= 4 is 28.8 Å². The Kier molecular flexibility index (Phi) is 6.35. The molecule has 0 radical (unpaired) electrons. The van der Waals surface area contributed by atoms with Gasteiger partial charge in [0.25, 0.3) is 0 Å². The third kappa shape index (κ3) is 4.20. The minimum Gasteiger partial charge on any atom is -0.481 e. The number of thiophene rings is 1. The predicted molar refractivity (Wildman–Crippen MR) is 142 cm³/mol. The summed E-state index contributed by atoms with van der Waals surface area (Å²) in [4.78, 5) is 30.0. The highest BCUT2D eigenvalue weighted by atomic mass is 32.1. The maximum Gasteiger partial charge on any atom is 0.308 e. The topological polar surface area (TPSA) is 118 Å². The molecule has 0 fully saturated rings. The number of aliphatic carboxylic acids is 1. The van der Waals surface area contributed by atoms with Crippen LogP contribution in [0.4, 0.5) is 0 Å². The van der Waals surface area contributed by atoms with Gasteiger partial charge < -0.3 is 10.2 Å². The van der Waals surface area contributed by atoms with Crippen LogP contribution in [-0.4, -0.2) is 42.4 Å². The summed E-state index contributed by atoms with van der Waals surface area (Å²) in [6, 6.07) is 14.6. The van der Waals surface area contributed by atoms with Crippen LogP contribution in [0.15, 0.2) is 53.5 Å². The van der Waals surface area contributed by atoms with Gasteiger partial charge in [-0.05, 0) is 50.5 Å². The number of hydrogen-bond acceptors (Lipinski definition) is 7. The van der Waals surface area contributed by atoms with Gasteiger partial charge in [-0.25, -0.2) is 0 Å². The first-order valence-electron chi connectivity index (χ1n) is 11.9. The lowest BCUT2D eigenvalue weighted by molar-refractivity contribution is -0.141. The van der Waals surface area contributed by atoms with Crippen molar-refractivity contribution in [3.05, 3.63) is 87.3 Å². The molecular formula is C28H26N4O4S. The average Bonchev–Trinajstić information content (AvgIpc) is 3.40. The van der Waals surface area contributed by atoms with Crippen LogP contribution < -0.4 is 0 Å². The van der Waals surface area contributed by atoms with Crippen molar-refractivity contribution in [1.82, 2.24) is 14.8 Å². The van der Waals surface area contributed by atoms with Gasteiger partial charge >= 0.3 is 5.97 Å². The molecule has 1 aliphatic heterocycles. The number of hydrogen-bond donors (Lipinski definition) is 2. The third-order valence-corrected chi connectivity index (χ3v) is 8.05. The Labute approximate surface area is 218 Å². The van der Waals surface area contributed by atoms with Gasteiger partial charge in [-0.2, -0.15) is 0 Å². The number of Topliss-reactive ketones (excluding diaryl/α,β-unsaturated/α-hetero) is 1. The Morgan fingerprint density at radius 2 is 1.76 bits per heavy atom. The minimum atomic E-state index is -0.993. The van der Waals surface area contributed by atoms with E-state index in [0.29, 0.717) is 22.9 Å². The zero-order valence-electron chi connectivity index (χ0n) is 20.9. The highest BCUT2D eigenvalue weighted by molar-refractivity contribution is 7.15. The number of carboxylic acid groups (broad SMARTS) is 1. The fourth-order valence-corrected chi connectivity index (χ4v) is 5.77. The Morgan fingerprint density at radius 3 is 2.41 bits per heavy atom. The minimum absolute atomic E-state index is 0.00922. The Hall–Kier alpha value is -3.95. The fourth-order valence-electron chi connectivity index (χ4n) is 4.58. The van der Waals surface area contributed by atoms with Crippen molar-refractivity contribution in [3.8, 4) is 16.1 Å². The standard InChI is InChI=1S/C28H26N4O4S/c1-14-17(4)37-27-23(14)25(29-24(15(2)28(35)36)26-31-30-22(13-33)32(26)27)19-10-8-18(9-11-19)21-7-5-6-20(12-21)16(3)34/h5-12,15,24,33H,13H2,1-4H3,(H,35,36)/t15?,24-/m0/s1. The van der Waals surface area contributed by atoms with E-state index in [2.05, 4.69) is 10.2 Å². The van der Waals surface area contributed by atoms with Crippen LogP contribution in [-0.2, 0) is 11.4 Å². The van der Waals surface area contributed by atoms with Crippen molar-refractivity contribution in [2.24, 2.45) is 10.9 Å². The number of carbonyl (C=O) groups is 2. The molecule has 2 aromatic heterocycles. The SMILES string of the molecule is CC(=O)c1cccc(-c2ccc(C3=N[C@@H](C(C)C(=O)O)c4nnc(CO)n4-c4sc(C)c(C)c43)cc2)c1. The van der Waals surface area contributed by atoms with E-state index >= 15 is 0 Å². The van der Waals surface area contributed by atoms with Gasteiger partial charge in [-0.3, -0.25) is 19.1 Å². The summed E-state index contributed by atoms with van der Waals surface area (Å²) in [5.41, 5.74) is 5.95. The number of nitrogens with zero attached hydrogens (tertiary/aromatic N) is 4. The molecule has 0 amide bonds. The van der Waals surface area contributed by atoms with E-state index in [9.17, 15) is 19.8 Å². The molecule has 1 aliphatic rings. The lowest BCUT2D eigenvalue weighted by atomic mass is 9.95. The smallest absolute Gasteiger partial charge is 0.308 e. The molecule has 8 nitrogen and oxygen atoms in total. The van der Waals surface area contributed by atoms with Crippen LogP contribution in [0.2, 0.25) is 0 Å². The molecule has 3 heterocycles. The molecule has 0 saturated heterocycles. The van der Waals surface area contributed by atoms with Crippen LogP contribution in [0.1, 0.15) is 63.5 Å². The van der Waals surface area contributed by atoms with E-state index in [1.807, 2.05) is 56.3 Å². The van der Waals surface area contributed by atoms with Gasteiger partial charge in [0.15, 0.2) is 17.4 Å². The number of fused-ring (bicyclic) bond motifs is 3. The Balaban J connectivity index is 1.69. The molecule has 9 heteroatoms. The number of rotatable bonds is 6. The molecule has 2 aromatic carbocycles. The van der Waals surface area contributed by atoms with Crippen molar-refractivity contribution in [3.63, 3.8) is 0 Å². The van der Waals surface area contributed by atoms with Crippen LogP contribution in [0.5, 0.6) is 0 Å². The monoisotopic (exact) mass is 514 g/mol. The number of carboxylic acids is 1. The molecule has 0 spiro atoms. The van der Waals surface area contributed by atoms with Gasteiger partial charge in [-0.1, -0.05) is 42.5 Å². The number of ketones is 1. The Bertz CT molecular complexity index is 1570. The van der Waals surface area contributed by atoms with Crippen molar-refractivity contribution in [2.75, 3.05) is 0 Å². The number of carbonyl (C=O) groups excluding carboxylic acids is 1. The van der Waals surface area contributed by atoms with E-state index in [1.165, 1.54) is 0 Å². The van der Waals surface area contributed by atoms with Crippen LogP contribution in [0, 0.1) is 19.8 Å². The van der Waals surface area contributed by atoms with E-state index in [-0.39, 0.29) is 12.4 Å². The summed E-state index contributed by atoms with van der Waals surface area (Å²) >= 11 is 1.54. The van der Waals surface area contributed by atoms with Crippen molar-refractivity contribution in [1.29, 1.82) is 0 Å². The zero-order chi connectivity index (χ0) is 26.4. The predicted octanol–water partition coefficient (Wildman–Crippen LogP) is 4.92. The normalized spacial score (nSPS) is 15.4. The molecule has 2 N–H and O–H groups in total. The molecule has 2 atom stereocenters. The first-order chi connectivity index (χ1) is 17.7. The summed E-state index contributed by atoms with van der Waals surface area (Å²) in [6.07, 6.45) is 0. The second kappa shape index (κ2) is 9.49. The maximum absolute atomic E-state index is 12.1. The molecule has 4 aromatic rings. The van der Waals surface area contributed by atoms with E-state index in [0.717, 1.165) is 37.7 Å². The van der Waals surface area contributed by atoms with Crippen LogP contribution in [0.25, 0.3) is 16.1 Å². The summed E-state index contributed by atoms with van der Waals surface area (Å²) in [6.45, 7) is 6.86. The van der Waals surface area contributed by atoms with Crippen molar-refractivity contribution in [2.45, 2.75) is 40.3 Å². The summed E-state index contributed by atoms with van der Waals surface area (Å²) in [5, 5.41) is 29.1. The molecule has 1 unspecified atom stereocenters. The molecule has 0 bridgehead atoms. The highest BCUT2D eigenvalue weighted by Crippen LogP contribution is 2.41. The second-order valence-electron chi connectivity index (χ2n) is 9.20. The molecular weight excluding hydrogens is 488 g/mol. The number of aliphatic hydroxyl groups is 1. The van der Waals surface area contributed by atoms with Gasteiger partial charge in [0.05, 0.1) is 11.6 Å². The highest BCUT2D eigenvalue weighted by Gasteiger charge is 2.36. The van der Waals surface area contributed by atoms with Gasteiger partial charge in [-0.15, -0.1) is 21.5 Å². The van der Waals surface area contributed by atoms with Gasteiger partial charge in [0.2, 0.25) is 0 Å². The van der Waals surface area contributed by atoms with Crippen molar-refractivity contribution < 1.29 is 19.8 Å². The lowest BCUT2D eigenvalue weighted by Gasteiger charge is -2.16. The number of aliphatic hydroxyl groups excluding tert-OH is 1. The molecule has 5 rings (SSSR count). The van der Waals surface area contributed by atoms with Crippen LogP contribution in [0.3, 0.4) is 0 Å². The van der Waals surface area contributed by atoms with Gasteiger partial charge in [0.1, 0.15) is 17.6 Å². The largest absolute Gasteiger partial charge is 0.481 e. The number of aryl methyl sites for hydroxylation is 1. The van der Waals surface area contributed by atoms with E-state index < -0.39 is 17.9 Å². The zero-order valence-corrected chi connectivity index (χ0v) is 21.7. The maximum atomic E-state index is 12.1. The molecule has 0 aliphatic carbocycles. The number of aliphatic imine (C=N–C) groups is 1. The van der Waals surface area contributed by atoms with E-state index in [1.54, 1.807) is 35.8 Å². The van der Waals surface area contributed by atoms with E-state index in [4.69, 9.17) is 4.99 Å². The number of aromatic nitrogens is 3. The lowest BCUT2D eigenvalue weighted by Crippen LogP contribution is -2.21. The summed E-state index contributed by atoms with van der Waals surface area (Å²) < 4.78 is 1.77. The number of benzene rings is 2. The molecule has 37 heavy (non-hydrogen) atoms. The quantitative estimate of drug-likeness (QED) is 0.353. The Morgan fingerprint density at radius 1 is 1.05 bits per heavy atom. The van der Waals surface area contributed by atoms with Crippen LogP contribution >= 0.6 is 11.3 Å². The third-order valence-electron chi connectivity index (χ3n) is 6.86. The fraction of sp³-hybridized carbons (Fsp3) is 0.250. The first-order valence-corrected chi connectivity index (χ1v) is 12.7.